The van der Waals surface area contributed by atoms with E-state index in [-0.39, 0.29) is 0 Å². The van der Waals surface area contributed by atoms with Crippen LogP contribution in [0.3, 0.4) is 0 Å². The summed E-state index contributed by atoms with van der Waals surface area (Å²) in [6.45, 7) is 3.35. The van der Waals surface area contributed by atoms with Gasteiger partial charge in [0.2, 0.25) is 0 Å². The standard InChI is InChI=1S/C8H15N3OS/c1-2-11-6-8(5-10-11)7-13(12)4-3-9/h5-6H,2-4,7,9H2,1H3. The van der Waals surface area contributed by atoms with E-state index in [4.69, 9.17) is 5.73 Å². The van der Waals surface area contributed by atoms with E-state index < -0.39 is 10.8 Å². The second-order valence-corrected chi connectivity index (χ2v) is 4.36. The highest BCUT2D eigenvalue weighted by molar-refractivity contribution is 7.84. The van der Waals surface area contributed by atoms with E-state index >= 15 is 0 Å². The van der Waals surface area contributed by atoms with Crippen LogP contribution in [0.5, 0.6) is 0 Å². The van der Waals surface area contributed by atoms with Gasteiger partial charge in [0.05, 0.1) is 11.9 Å². The predicted molar refractivity (Wildman–Crippen MR) is 53.7 cm³/mol. The molecule has 1 heterocycles. The lowest BCUT2D eigenvalue weighted by Crippen LogP contribution is -2.11. The maximum Gasteiger partial charge on any atom is 0.0531 e. The van der Waals surface area contributed by atoms with Crippen LogP contribution in [0.25, 0.3) is 0 Å². The summed E-state index contributed by atoms with van der Waals surface area (Å²) in [5, 5.41) is 4.10. The predicted octanol–water partition coefficient (Wildman–Crippen LogP) is 0.110. The third-order valence-corrected chi connectivity index (χ3v) is 3.03. The van der Waals surface area contributed by atoms with Gasteiger partial charge in [-0.25, -0.2) is 0 Å². The van der Waals surface area contributed by atoms with Crippen LogP contribution < -0.4 is 5.73 Å². The Kier molecular flexibility index (Phi) is 4.11. The van der Waals surface area contributed by atoms with Crippen molar-refractivity contribution < 1.29 is 4.21 Å². The zero-order valence-corrected chi connectivity index (χ0v) is 8.59. The summed E-state index contributed by atoms with van der Waals surface area (Å²) in [6, 6.07) is 0. The second kappa shape index (κ2) is 5.14. The van der Waals surface area contributed by atoms with Gasteiger partial charge in [-0.15, -0.1) is 0 Å². The number of hydrogen-bond donors (Lipinski definition) is 1. The molecular weight excluding hydrogens is 186 g/mol. The molecule has 1 rings (SSSR count). The van der Waals surface area contributed by atoms with Crippen molar-refractivity contribution in [3.63, 3.8) is 0 Å². The van der Waals surface area contributed by atoms with Gasteiger partial charge in [-0.05, 0) is 6.92 Å². The first kappa shape index (κ1) is 10.4. The SMILES string of the molecule is CCn1cc(CS(=O)CCN)cn1. The molecule has 74 valence electrons. The van der Waals surface area contributed by atoms with Crippen molar-refractivity contribution in [3.8, 4) is 0 Å². The van der Waals surface area contributed by atoms with Crippen molar-refractivity contribution in [2.75, 3.05) is 12.3 Å². The van der Waals surface area contributed by atoms with Crippen molar-refractivity contribution in [1.29, 1.82) is 0 Å². The highest BCUT2D eigenvalue weighted by Gasteiger charge is 2.02. The van der Waals surface area contributed by atoms with Crippen LogP contribution in [0.2, 0.25) is 0 Å². The zero-order chi connectivity index (χ0) is 9.68. The maximum atomic E-state index is 11.3. The minimum Gasteiger partial charge on any atom is -0.330 e. The largest absolute Gasteiger partial charge is 0.330 e. The first-order valence-electron chi connectivity index (χ1n) is 4.32. The van der Waals surface area contributed by atoms with Crippen molar-refractivity contribution >= 4 is 10.8 Å². The molecule has 1 atom stereocenters. The first-order chi connectivity index (χ1) is 6.26. The van der Waals surface area contributed by atoms with Crippen LogP contribution in [0.4, 0.5) is 0 Å². The lowest BCUT2D eigenvalue weighted by atomic mass is 10.4. The third kappa shape index (κ3) is 3.28. The molecule has 0 fully saturated rings. The van der Waals surface area contributed by atoms with Gasteiger partial charge in [0.25, 0.3) is 0 Å². The molecule has 0 amide bonds. The van der Waals surface area contributed by atoms with Gasteiger partial charge in [0, 0.05) is 41.4 Å². The van der Waals surface area contributed by atoms with E-state index in [1.54, 1.807) is 6.20 Å². The third-order valence-electron chi connectivity index (χ3n) is 1.68. The molecule has 0 aromatic carbocycles. The maximum absolute atomic E-state index is 11.3. The van der Waals surface area contributed by atoms with Gasteiger partial charge in [-0.1, -0.05) is 0 Å². The summed E-state index contributed by atoms with van der Waals surface area (Å²) in [6.07, 6.45) is 3.69. The van der Waals surface area contributed by atoms with E-state index in [1.807, 2.05) is 17.8 Å². The number of aryl methyl sites for hydroxylation is 1. The van der Waals surface area contributed by atoms with Crippen LogP contribution >= 0.6 is 0 Å². The highest BCUT2D eigenvalue weighted by atomic mass is 32.2. The summed E-state index contributed by atoms with van der Waals surface area (Å²) in [7, 11) is -0.838. The Hall–Kier alpha value is -0.680. The molecule has 1 aromatic rings. The van der Waals surface area contributed by atoms with Crippen LogP contribution in [0.15, 0.2) is 12.4 Å². The molecule has 0 aliphatic carbocycles. The van der Waals surface area contributed by atoms with Gasteiger partial charge >= 0.3 is 0 Å². The molecule has 4 nitrogen and oxygen atoms in total. The number of rotatable bonds is 5. The van der Waals surface area contributed by atoms with E-state index in [0.717, 1.165) is 12.1 Å². The zero-order valence-electron chi connectivity index (χ0n) is 7.77. The summed E-state index contributed by atoms with van der Waals surface area (Å²) < 4.78 is 13.1. The molecule has 5 heteroatoms. The van der Waals surface area contributed by atoms with Gasteiger partial charge in [-0.2, -0.15) is 5.10 Å². The fourth-order valence-corrected chi connectivity index (χ4v) is 1.97. The van der Waals surface area contributed by atoms with Crippen LogP contribution in [-0.4, -0.2) is 26.3 Å². The molecule has 13 heavy (non-hydrogen) atoms. The normalized spacial score (nSPS) is 13.1. The molecule has 0 spiro atoms. The Bertz CT molecular complexity index is 285. The van der Waals surface area contributed by atoms with E-state index in [9.17, 15) is 4.21 Å². The first-order valence-corrected chi connectivity index (χ1v) is 5.81. The molecule has 0 aliphatic heterocycles. The van der Waals surface area contributed by atoms with Crippen molar-refractivity contribution in [2.24, 2.45) is 5.73 Å². The monoisotopic (exact) mass is 201 g/mol. The number of aromatic nitrogens is 2. The lowest BCUT2D eigenvalue weighted by molar-refractivity contribution is 0.659. The Labute approximate surface area is 80.6 Å². The molecule has 1 aromatic heterocycles. The molecule has 0 radical (unpaired) electrons. The van der Waals surface area contributed by atoms with Crippen LogP contribution in [-0.2, 0) is 23.1 Å². The molecule has 2 N–H and O–H groups in total. The molecule has 1 unspecified atom stereocenters. The van der Waals surface area contributed by atoms with E-state index in [0.29, 0.717) is 18.1 Å². The second-order valence-electron chi connectivity index (χ2n) is 2.78. The van der Waals surface area contributed by atoms with Crippen LogP contribution in [0.1, 0.15) is 12.5 Å². The van der Waals surface area contributed by atoms with Crippen molar-refractivity contribution in [3.05, 3.63) is 18.0 Å². The average molecular weight is 201 g/mol. The fourth-order valence-electron chi connectivity index (χ4n) is 1.04. The van der Waals surface area contributed by atoms with Gasteiger partial charge in [-0.3, -0.25) is 8.89 Å². The number of hydrogen-bond acceptors (Lipinski definition) is 3. The van der Waals surface area contributed by atoms with Crippen LogP contribution in [0, 0.1) is 0 Å². The Balaban J connectivity index is 2.49. The summed E-state index contributed by atoms with van der Waals surface area (Å²) in [4.78, 5) is 0. The lowest BCUT2D eigenvalue weighted by Gasteiger charge is -1.96. The number of nitrogens with two attached hydrogens (primary N) is 1. The Morgan fingerprint density at radius 3 is 3.00 bits per heavy atom. The molecular formula is C8H15N3OS. The Morgan fingerprint density at radius 1 is 1.69 bits per heavy atom. The van der Waals surface area contributed by atoms with Gasteiger partial charge in [0.15, 0.2) is 0 Å². The van der Waals surface area contributed by atoms with E-state index in [2.05, 4.69) is 5.10 Å². The number of nitrogens with zero attached hydrogens (tertiary/aromatic N) is 2. The van der Waals surface area contributed by atoms with Crippen molar-refractivity contribution in [2.45, 2.75) is 19.2 Å². The van der Waals surface area contributed by atoms with E-state index in [1.165, 1.54) is 0 Å². The molecule has 0 bridgehead atoms. The van der Waals surface area contributed by atoms with Gasteiger partial charge in [0.1, 0.15) is 0 Å². The molecule has 0 saturated heterocycles. The topological polar surface area (TPSA) is 60.9 Å². The molecule has 0 saturated carbocycles. The average Bonchev–Trinajstić information content (AvgIpc) is 2.52. The Morgan fingerprint density at radius 2 is 2.46 bits per heavy atom. The van der Waals surface area contributed by atoms with Gasteiger partial charge < -0.3 is 5.73 Å². The summed E-state index contributed by atoms with van der Waals surface area (Å²) in [5.74, 6) is 1.13. The molecule has 0 aliphatic rings. The fraction of sp³-hybridized carbons (Fsp3) is 0.625. The summed E-state index contributed by atoms with van der Waals surface area (Å²) in [5.41, 5.74) is 6.32. The smallest absolute Gasteiger partial charge is 0.0531 e. The summed E-state index contributed by atoms with van der Waals surface area (Å²) >= 11 is 0. The van der Waals surface area contributed by atoms with Crippen molar-refractivity contribution in [1.82, 2.24) is 9.78 Å². The highest BCUT2D eigenvalue weighted by Crippen LogP contribution is 2.01. The quantitative estimate of drug-likeness (QED) is 0.735. The minimum absolute atomic E-state index is 0.481. The minimum atomic E-state index is -0.838.